The second-order valence-electron chi connectivity index (χ2n) is 6.74. The number of para-hydroxylation sites is 2. The summed E-state index contributed by atoms with van der Waals surface area (Å²) in [6.45, 7) is 3.06. The zero-order valence-electron chi connectivity index (χ0n) is 16.3. The molecule has 0 saturated heterocycles. The molecule has 0 aliphatic heterocycles. The van der Waals surface area contributed by atoms with Crippen LogP contribution >= 0.6 is 11.6 Å². The molecule has 0 radical (unpaired) electrons. The molecule has 1 amide bonds. The van der Waals surface area contributed by atoms with Crippen LogP contribution in [-0.2, 0) is 16.0 Å². The van der Waals surface area contributed by atoms with Gasteiger partial charge in [0.1, 0.15) is 11.9 Å². The minimum atomic E-state index is -0.327. The highest BCUT2D eigenvalue weighted by molar-refractivity contribution is 6.31. The molecule has 6 heteroatoms. The summed E-state index contributed by atoms with van der Waals surface area (Å²) in [5.41, 5.74) is 2.84. The number of halogens is 1. The van der Waals surface area contributed by atoms with E-state index in [-0.39, 0.29) is 11.9 Å². The van der Waals surface area contributed by atoms with Crippen molar-refractivity contribution in [3.05, 3.63) is 64.9 Å². The van der Waals surface area contributed by atoms with Gasteiger partial charge in [-0.3, -0.25) is 4.79 Å². The number of carbonyl (C=O) groups is 1. The van der Waals surface area contributed by atoms with Crippen molar-refractivity contribution < 1.29 is 9.53 Å². The Morgan fingerprint density at radius 3 is 2.71 bits per heavy atom. The van der Waals surface area contributed by atoms with Gasteiger partial charge >= 0.3 is 0 Å². The van der Waals surface area contributed by atoms with Gasteiger partial charge < -0.3 is 14.6 Å². The first-order valence-electron chi connectivity index (χ1n) is 9.61. The number of methoxy groups -OCH3 is 1. The van der Waals surface area contributed by atoms with Crippen LogP contribution in [0.25, 0.3) is 11.0 Å². The fraction of sp³-hybridized carbons (Fsp3) is 0.364. The van der Waals surface area contributed by atoms with Crippen LogP contribution < -0.4 is 5.32 Å². The van der Waals surface area contributed by atoms with E-state index in [9.17, 15) is 4.79 Å². The Morgan fingerprint density at radius 1 is 1.21 bits per heavy atom. The first-order valence-corrected chi connectivity index (χ1v) is 9.99. The van der Waals surface area contributed by atoms with Crippen LogP contribution in [0.4, 0.5) is 0 Å². The summed E-state index contributed by atoms with van der Waals surface area (Å²) in [6.07, 6.45) is 2.19. The van der Waals surface area contributed by atoms with Gasteiger partial charge in [-0.1, -0.05) is 55.3 Å². The summed E-state index contributed by atoms with van der Waals surface area (Å²) in [5, 5.41) is 3.69. The molecule has 1 atom stereocenters. The lowest BCUT2D eigenvalue weighted by atomic mass is 10.1. The molecule has 148 valence electrons. The van der Waals surface area contributed by atoms with E-state index < -0.39 is 0 Å². The van der Waals surface area contributed by atoms with E-state index in [1.165, 1.54) is 0 Å². The minimum Gasteiger partial charge on any atom is -0.383 e. The summed E-state index contributed by atoms with van der Waals surface area (Å²) in [4.78, 5) is 17.8. The Balaban J connectivity index is 2.03. The van der Waals surface area contributed by atoms with Crippen molar-refractivity contribution in [3.63, 3.8) is 0 Å². The van der Waals surface area contributed by atoms with Gasteiger partial charge in [-0.25, -0.2) is 4.98 Å². The summed E-state index contributed by atoms with van der Waals surface area (Å²) in [7, 11) is 1.63. The highest BCUT2D eigenvalue weighted by atomic mass is 35.5. The van der Waals surface area contributed by atoms with E-state index in [0.717, 1.165) is 35.3 Å². The number of benzene rings is 2. The fourth-order valence-corrected chi connectivity index (χ4v) is 3.63. The number of ether oxygens (including phenoxy) is 1. The molecule has 1 aromatic heterocycles. The lowest BCUT2D eigenvalue weighted by Crippen LogP contribution is -2.35. The van der Waals surface area contributed by atoms with Crippen LogP contribution in [0, 0.1) is 0 Å². The second-order valence-corrected chi connectivity index (χ2v) is 7.15. The minimum absolute atomic E-state index is 0.0116. The van der Waals surface area contributed by atoms with Crippen LogP contribution in [0.5, 0.6) is 0 Å². The maximum Gasteiger partial charge on any atom is 0.243 e. The van der Waals surface area contributed by atoms with Crippen molar-refractivity contribution in [1.29, 1.82) is 0 Å². The standard InChI is InChI=1S/C22H26ClN3O2/c1-3-8-20(22(27)24-13-14-28-2)26-19-12-7-6-11-18(19)25-21(26)15-16-9-4-5-10-17(16)23/h4-7,9-12,20H,3,8,13-15H2,1-2H3,(H,24,27)/t20-/m0/s1. The Bertz CT molecular complexity index is 938. The quantitative estimate of drug-likeness (QED) is 0.543. The van der Waals surface area contributed by atoms with Gasteiger partial charge in [-0.2, -0.15) is 0 Å². The van der Waals surface area contributed by atoms with Crippen LogP contribution in [-0.4, -0.2) is 35.7 Å². The van der Waals surface area contributed by atoms with Gasteiger partial charge in [0.05, 0.1) is 17.6 Å². The van der Waals surface area contributed by atoms with Crippen molar-refractivity contribution in [3.8, 4) is 0 Å². The molecule has 3 aromatic rings. The number of carbonyl (C=O) groups excluding carboxylic acids is 1. The van der Waals surface area contributed by atoms with Crippen molar-refractivity contribution in [2.24, 2.45) is 0 Å². The zero-order valence-corrected chi connectivity index (χ0v) is 17.1. The average molecular weight is 400 g/mol. The van der Waals surface area contributed by atoms with Crippen molar-refractivity contribution in [2.75, 3.05) is 20.3 Å². The van der Waals surface area contributed by atoms with Crippen LogP contribution in [0.1, 0.15) is 37.2 Å². The molecule has 0 fully saturated rings. The molecule has 0 bridgehead atoms. The van der Waals surface area contributed by atoms with Gasteiger partial charge in [0.2, 0.25) is 5.91 Å². The first kappa shape index (κ1) is 20.4. The van der Waals surface area contributed by atoms with Crippen LogP contribution in [0.15, 0.2) is 48.5 Å². The number of amides is 1. The number of imidazole rings is 1. The number of aromatic nitrogens is 2. The molecule has 0 spiro atoms. The molecule has 0 aliphatic carbocycles. The van der Waals surface area contributed by atoms with E-state index >= 15 is 0 Å². The maximum atomic E-state index is 13.0. The summed E-state index contributed by atoms with van der Waals surface area (Å²) in [6, 6.07) is 15.4. The molecule has 0 aliphatic rings. The smallest absolute Gasteiger partial charge is 0.243 e. The molecule has 3 rings (SSSR count). The number of nitrogens with one attached hydrogen (secondary N) is 1. The summed E-state index contributed by atoms with van der Waals surface area (Å²) in [5.74, 6) is 0.831. The molecule has 1 heterocycles. The van der Waals surface area contributed by atoms with Gasteiger partial charge in [0.25, 0.3) is 0 Å². The Hall–Kier alpha value is -2.37. The van der Waals surface area contributed by atoms with Crippen molar-refractivity contribution in [2.45, 2.75) is 32.2 Å². The monoisotopic (exact) mass is 399 g/mol. The molecular formula is C22H26ClN3O2. The predicted molar refractivity (Wildman–Crippen MR) is 113 cm³/mol. The maximum absolute atomic E-state index is 13.0. The predicted octanol–water partition coefficient (Wildman–Crippen LogP) is 4.38. The first-order chi connectivity index (χ1) is 13.7. The number of hydrogen-bond donors (Lipinski definition) is 1. The molecule has 28 heavy (non-hydrogen) atoms. The molecule has 1 N–H and O–H groups in total. The lowest BCUT2D eigenvalue weighted by Gasteiger charge is -2.21. The van der Waals surface area contributed by atoms with E-state index in [1.807, 2.05) is 48.5 Å². The van der Waals surface area contributed by atoms with Gasteiger partial charge in [-0.15, -0.1) is 0 Å². The SMILES string of the molecule is CCC[C@@H](C(=O)NCCOC)n1c(Cc2ccccc2Cl)nc2ccccc21. The third-order valence-electron chi connectivity index (χ3n) is 4.76. The van der Waals surface area contributed by atoms with E-state index in [1.54, 1.807) is 7.11 Å². The lowest BCUT2D eigenvalue weighted by molar-refractivity contribution is -0.124. The summed E-state index contributed by atoms with van der Waals surface area (Å²) < 4.78 is 7.13. The topological polar surface area (TPSA) is 56.1 Å². The van der Waals surface area contributed by atoms with Crippen LogP contribution in [0.3, 0.4) is 0 Å². The van der Waals surface area contributed by atoms with Crippen LogP contribution in [0.2, 0.25) is 5.02 Å². The van der Waals surface area contributed by atoms with E-state index in [4.69, 9.17) is 21.3 Å². The largest absolute Gasteiger partial charge is 0.383 e. The molecule has 0 unspecified atom stereocenters. The van der Waals surface area contributed by atoms with E-state index in [2.05, 4.69) is 16.8 Å². The molecule has 0 saturated carbocycles. The van der Waals surface area contributed by atoms with Gasteiger partial charge in [-0.05, 0) is 30.2 Å². The molecule has 5 nitrogen and oxygen atoms in total. The number of hydrogen-bond acceptors (Lipinski definition) is 3. The second kappa shape index (κ2) is 9.71. The average Bonchev–Trinajstić information content (AvgIpc) is 3.05. The Kier molecular flexibility index (Phi) is 7.06. The highest BCUT2D eigenvalue weighted by Gasteiger charge is 2.25. The molecular weight excluding hydrogens is 374 g/mol. The third-order valence-corrected chi connectivity index (χ3v) is 5.13. The van der Waals surface area contributed by atoms with Gasteiger partial charge in [0, 0.05) is 25.1 Å². The molecule has 2 aromatic carbocycles. The highest BCUT2D eigenvalue weighted by Crippen LogP contribution is 2.27. The number of fused-ring (bicyclic) bond motifs is 1. The number of nitrogens with zero attached hydrogens (tertiary/aromatic N) is 2. The summed E-state index contributed by atoms with van der Waals surface area (Å²) >= 11 is 6.38. The normalized spacial score (nSPS) is 12.2. The number of rotatable bonds is 9. The zero-order chi connectivity index (χ0) is 19.9. The van der Waals surface area contributed by atoms with Crippen molar-refractivity contribution in [1.82, 2.24) is 14.9 Å². The fourth-order valence-electron chi connectivity index (χ4n) is 3.42. The Labute approximate surface area is 170 Å². The van der Waals surface area contributed by atoms with Gasteiger partial charge in [0.15, 0.2) is 0 Å². The van der Waals surface area contributed by atoms with E-state index in [0.29, 0.717) is 24.6 Å². The third kappa shape index (κ3) is 4.54. The van der Waals surface area contributed by atoms with Crippen molar-refractivity contribution >= 4 is 28.5 Å². The Morgan fingerprint density at radius 2 is 1.96 bits per heavy atom.